The van der Waals surface area contributed by atoms with Gasteiger partial charge >= 0.3 is 5.97 Å². The Morgan fingerprint density at radius 3 is 2.53 bits per heavy atom. The van der Waals surface area contributed by atoms with Gasteiger partial charge in [0.25, 0.3) is 0 Å². The summed E-state index contributed by atoms with van der Waals surface area (Å²) >= 11 is 0. The first kappa shape index (κ1) is 11.3. The largest absolute Gasteiger partial charge is 0.502 e. The highest BCUT2D eigenvalue weighted by atomic mass is 16.5. The zero-order valence-corrected chi connectivity index (χ0v) is 8.86. The van der Waals surface area contributed by atoms with Crippen LogP contribution in [0.4, 0.5) is 0 Å². The first-order chi connectivity index (χ1) is 7.13. The number of ether oxygens (including phenoxy) is 1. The van der Waals surface area contributed by atoms with Crippen molar-refractivity contribution in [2.75, 3.05) is 7.11 Å². The number of aliphatic hydroxyl groups is 1. The molecule has 0 unspecified atom stereocenters. The van der Waals surface area contributed by atoms with E-state index in [0.29, 0.717) is 6.42 Å². The van der Waals surface area contributed by atoms with Crippen molar-refractivity contribution in [1.82, 2.24) is 0 Å². The summed E-state index contributed by atoms with van der Waals surface area (Å²) in [5.74, 6) is -1.06. The minimum atomic E-state index is -0.706. The molecule has 0 radical (unpaired) electrons. The van der Waals surface area contributed by atoms with E-state index in [-0.39, 0.29) is 5.76 Å². The van der Waals surface area contributed by atoms with Crippen molar-refractivity contribution in [2.45, 2.75) is 13.3 Å². The summed E-state index contributed by atoms with van der Waals surface area (Å²) in [6.45, 7) is 2.01. The van der Waals surface area contributed by atoms with Crippen LogP contribution >= 0.6 is 0 Å². The minimum absolute atomic E-state index is 0.349. The van der Waals surface area contributed by atoms with E-state index in [4.69, 9.17) is 0 Å². The van der Waals surface area contributed by atoms with E-state index in [1.807, 2.05) is 31.2 Å². The second-order valence-corrected chi connectivity index (χ2v) is 3.27. The molecule has 0 fully saturated rings. The van der Waals surface area contributed by atoms with Crippen LogP contribution in [0.3, 0.4) is 0 Å². The standard InChI is InChI=1S/C12H14O3/c1-9-3-5-10(6-4-9)7-8-11(13)12(14)15-2/h3-6,8,13H,7H2,1-2H3. The van der Waals surface area contributed by atoms with Gasteiger partial charge in [-0.3, -0.25) is 0 Å². The van der Waals surface area contributed by atoms with Crippen LogP contribution in [0.5, 0.6) is 0 Å². The van der Waals surface area contributed by atoms with Crippen molar-refractivity contribution in [3.8, 4) is 0 Å². The Morgan fingerprint density at radius 1 is 1.40 bits per heavy atom. The first-order valence-corrected chi connectivity index (χ1v) is 4.66. The Hall–Kier alpha value is -1.77. The van der Waals surface area contributed by atoms with Crippen LogP contribution in [0.15, 0.2) is 36.1 Å². The molecule has 3 nitrogen and oxygen atoms in total. The normalized spacial score (nSPS) is 11.2. The first-order valence-electron chi connectivity index (χ1n) is 4.66. The Balaban J connectivity index is 2.63. The number of benzene rings is 1. The zero-order valence-electron chi connectivity index (χ0n) is 8.86. The lowest BCUT2D eigenvalue weighted by Crippen LogP contribution is -2.04. The summed E-state index contributed by atoms with van der Waals surface area (Å²) in [5.41, 5.74) is 2.22. The lowest BCUT2D eigenvalue weighted by molar-refractivity contribution is -0.139. The highest BCUT2D eigenvalue weighted by Crippen LogP contribution is 2.05. The van der Waals surface area contributed by atoms with E-state index >= 15 is 0 Å². The van der Waals surface area contributed by atoms with E-state index in [1.54, 1.807) is 0 Å². The molecule has 0 aliphatic heterocycles. The average molecular weight is 206 g/mol. The van der Waals surface area contributed by atoms with E-state index in [2.05, 4.69) is 4.74 Å². The molecule has 0 amide bonds. The fourth-order valence-electron chi connectivity index (χ4n) is 1.13. The highest BCUT2D eigenvalue weighted by molar-refractivity contribution is 5.85. The number of carbonyl (C=O) groups is 1. The van der Waals surface area contributed by atoms with Crippen molar-refractivity contribution in [1.29, 1.82) is 0 Å². The summed E-state index contributed by atoms with van der Waals surface area (Å²) < 4.78 is 4.36. The third kappa shape index (κ3) is 3.46. The number of aryl methyl sites for hydroxylation is 1. The van der Waals surface area contributed by atoms with Gasteiger partial charge in [-0.05, 0) is 25.0 Å². The van der Waals surface area contributed by atoms with Gasteiger partial charge in [0.2, 0.25) is 0 Å². The number of methoxy groups -OCH3 is 1. The molecule has 3 heteroatoms. The number of hydrogen-bond donors (Lipinski definition) is 1. The van der Waals surface area contributed by atoms with Crippen molar-refractivity contribution in [3.05, 3.63) is 47.2 Å². The van der Waals surface area contributed by atoms with Gasteiger partial charge in [0.15, 0.2) is 5.76 Å². The third-order valence-electron chi connectivity index (χ3n) is 2.05. The predicted molar refractivity (Wildman–Crippen MR) is 57.6 cm³/mol. The van der Waals surface area contributed by atoms with Gasteiger partial charge < -0.3 is 9.84 Å². The van der Waals surface area contributed by atoms with Crippen molar-refractivity contribution < 1.29 is 14.6 Å². The molecule has 80 valence electrons. The Morgan fingerprint density at radius 2 is 2.00 bits per heavy atom. The molecule has 0 aliphatic rings. The van der Waals surface area contributed by atoms with Gasteiger partial charge in [-0.25, -0.2) is 4.79 Å². The molecule has 0 saturated heterocycles. The SMILES string of the molecule is COC(=O)C(O)=CCc1ccc(C)cc1. The number of carbonyl (C=O) groups excluding carboxylic acids is 1. The quantitative estimate of drug-likeness (QED) is 0.468. The maximum atomic E-state index is 10.8. The molecule has 0 aromatic heterocycles. The summed E-state index contributed by atoms with van der Waals surface area (Å²) in [4.78, 5) is 10.8. The van der Waals surface area contributed by atoms with Crippen molar-refractivity contribution in [3.63, 3.8) is 0 Å². The summed E-state index contributed by atoms with van der Waals surface area (Å²) in [6.07, 6.45) is 1.96. The maximum absolute atomic E-state index is 10.8. The van der Waals surface area contributed by atoms with Crippen molar-refractivity contribution >= 4 is 5.97 Å². The third-order valence-corrected chi connectivity index (χ3v) is 2.05. The van der Waals surface area contributed by atoms with Gasteiger partial charge in [0, 0.05) is 0 Å². The lowest BCUT2D eigenvalue weighted by atomic mass is 10.1. The van der Waals surface area contributed by atoms with Crippen LogP contribution in [-0.4, -0.2) is 18.2 Å². The average Bonchev–Trinajstić information content (AvgIpc) is 2.26. The van der Waals surface area contributed by atoms with Crippen LogP contribution < -0.4 is 0 Å². The number of allylic oxidation sites excluding steroid dienone is 1. The predicted octanol–water partition coefficient (Wildman–Crippen LogP) is 2.15. The maximum Gasteiger partial charge on any atom is 0.372 e. The van der Waals surface area contributed by atoms with Gasteiger partial charge in [-0.1, -0.05) is 29.8 Å². The molecule has 1 N–H and O–H groups in total. The molecule has 0 spiro atoms. The molecule has 1 aromatic rings. The summed E-state index contributed by atoms with van der Waals surface area (Å²) in [6, 6.07) is 7.88. The van der Waals surface area contributed by atoms with Crippen LogP contribution in [0.1, 0.15) is 11.1 Å². The summed E-state index contributed by atoms with van der Waals surface area (Å²) in [5, 5.41) is 9.22. The number of rotatable bonds is 3. The Bertz CT molecular complexity index is 363. The molecule has 0 saturated carbocycles. The number of aliphatic hydroxyl groups excluding tert-OH is 1. The van der Waals surface area contributed by atoms with Gasteiger partial charge in [-0.2, -0.15) is 0 Å². The molecular formula is C12H14O3. The summed E-state index contributed by atoms with van der Waals surface area (Å²) in [7, 11) is 1.23. The fourth-order valence-corrected chi connectivity index (χ4v) is 1.13. The van der Waals surface area contributed by atoms with Crippen molar-refractivity contribution in [2.24, 2.45) is 0 Å². The second kappa shape index (κ2) is 5.20. The van der Waals surface area contributed by atoms with E-state index < -0.39 is 5.97 Å². The molecule has 15 heavy (non-hydrogen) atoms. The van der Waals surface area contributed by atoms with E-state index in [9.17, 15) is 9.90 Å². The van der Waals surface area contributed by atoms with E-state index in [1.165, 1.54) is 18.7 Å². The number of esters is 1. The smallest absolute Gasteiger partial charge is 0.372 e. The zero-order chi connectivity index (χ0) is 11.3. The van der Waals surface area contributed by atoms with Gasteiger partial charge in [0.1, 0.15) is 0 Å². The van der Waals surface area contributed by atoms with Crippen LogP contribution in [0, 0.1) is 6.92 Å². The molecule has 0 atom stereocenters. The molecule has 1 aromatic carbocycles. The number of hydrogen-bond acceptors (Lipinski definition) is 3. The Kier molecular flexibility index (Phi) is 3.92. The molecule has 1 rings (SSSR count). The molecule has 0 heterocycles. The lowest BCUT2D eigenvalue weighted by Gasteiger charge is -1.99. The highest BCUT2D eigenvalue weighted by Gasteiger charge is 2.05. The van der Waals surface area contributed by atoms with Gasteiger partial charge in [0.05, 0.1) is 7.11 Å². The monoisotopic (exact) mass is 206 g/mol. The van der Waals surface area contributed by atoms with Crippen LogP contribution in [0.25, 0.3) is 0 Å². The second-order valence-electron chi connectivity index (χ2n) is 3.27. The van der Waals surface area contributed by atoms with Crippen LogP contribution in [0.2, 0.25) is 0 Å². The topological polar surface area (TPSA) is 46.5 Å². The molecule has 0 aliphatic carbocycles. The molecule has 0 bridgehead atoms. The minimum Gasteiger partial charge on any atom is -0.502 e. The van der Waals surface area contributed by atoms with E-state index in [0.717, 1.165) is 5.56 Å². The molecular weight excluding hydrogens is 192 g/mol. The van der Waals surface area contributed by atoms with Crippen LogP contribution in [-0.2, 0) is 16.0 Å². The van der Waals surface area contributed by atoms with Gasteiger partial charge in [-0.15, -0.1) is 0 Å². The fraction of sp³-hybridized carbons (Fsp3) is 0.250. The Labute approximate surface area is 89.0 Å².